The molecule has 0 aliphatic carbocycles. The molecule has 2 fully saturated rings. The molecule has 2 saturated heterocycles. The molecule has 0 spiro atoms. The third-order valence-electron chi connectivity index (χ3n) is 6.56. The first-order valence-corrected chi connectivity index (χ1v) is 11.4. The molecule has 6 nitrogen and oxygen atoms in total. The van der Waals surface area contributed by atoms with E-state index in [1.807, 2.05) is 54.6 Å². The highest BCUT2D eigenvalue weighted by Gasteiger charge is 2.54. The van der Waals surface area contributed by atoms with Gasteiger partial charge in [0.2, 0.25) is 5.91 Å². The molecule has 0 saturated carbocycles. The van der Waals surface area contributed by atoms with Crippen molar-refractivity contribution >= 4 is 17.6 Å². The Bertz CT molecular complexity index is 1280. The Morgan fingerprint density at radius 2 is 1.63 bits per heavy atom. The number of carbonyl (C=O) groups excluding carboxylic acids is 2. The molecule has 2 aliphatic rings. The third-order valence-corrected chi connectivity index (χ3v) is 6.56. The molecule has 3 aromatic carbocycles. The van der Waals surface area contributed by atoms with Crippen molar-refractivity contribution in [3.8, 4) is 11.8 Å². The average molecular weight is 470 g/mol. The number of hydrogen-bond donors (Lipinski definition) is 2. The number of carbonyl (C=O) groups is 2. The van der Waals surface area contributed by atoms with Gasteiger partial charge in [-0.05, 0) is 54.1 Å². The number of amides is 3. The third kappa shape index (κ3) is 4.61. The molecule has 7 heteroatoms. The summed E-state index contributed by atoms with van der Waals surface area (Å²) in [6.45, 7) is 0.126. The number of piperazine rings is 1. The van der Waals surface area contributed by atoms with Gasteiger partial charge in [0.1, 0.15) is 12.4 Å². The largest absolute Gasteiger partial charge is 0.394 e. The van der Waals surface area contributed by atoms with E-state index in [2.05, 4.69) is 17.2 Å². The Balaban J connectivity index is 1.30. The highest BCUT2D eigenvalue weighted by molar-refractivity contribution is 5.93. The predicted molar refractivity (Wildman–Crippen MR) is 130 cm³/mol. The summed E-state index contributed by atoms with van der Waals surface area (Å²) < 4.78 is 13.2. The van der Waals surface area contributed by atoms with Gasteiger partial charge in [0, 0.05) is 29.3 Å². The van der Waals surface area contributed by atoms with Crippen molar-refractivity contribution in [1.82, 2.24) is 9.80 Å². The fourth-order valence-electron chi connectivity index (χ4n) is 4.84. The summed E-state index contributed by atoms with van der Waals surface area (Å²) >= 11 is 0. The van der Waals surface area contributed by atoms with E-state index >= 15 is 0 Å². The number of nitrogens with one attached hydrogen (secondary N) is 1. The van der Waals surface area contributed by atoms with Gasteiger partial charge in [-0.2, -0.15) is 0 Å². The minimum atomic E-state index is -0.414. The van der Waals surface area contributed by atoms with Gasteiger partial charge in [0.05, 0.1) is 18.7 Å². The molecule has 0 unspecified atom stereocenters. The van der Waals surface area contributed by atoms with Crippen LogP contribution in [0.15, 0.2) is 78.9 Å². The molecule has 176 valence electrons. The minimum Gasteiger partial charge on any atom is -0.394 e. The van der Waals surface area contributed by atoms with Crippen molar-refractivity contribution in [3.05, 3.63) is 101 Å². The highest BCUT2D eigenvalue weighted by atomic mass is 19.1. The molecular weight excluding hydrogens is 445 g/mol. The molecule has 2 aliphatic heterocycles. The SMILES string of the molecule is O=C(Nc1ccc(F)cc1)N1CC(=O)N2[C@@H](CO)[C@@H](c3ccc(C#Cc4ccccc4)cc3)[C@@H]2C1. The van der Waals surface area contributed by atoms with Crippen molar-refractivity contribution < 1.29 is 19.1 Å². The standard InChI is InChI=1S/C28H24FN3O3/c29-22-12-14-23(15-13-22)30-28(35)31-16-24-27(25(18-33)32(24)26(34)17-31)21-10-8-20(9-11-21)7-6-19-4-2-1-3-5-19/h1-5,8-15,24-25,27,33H,16-18H2,(H,30,35)/t24-,25-,27-/m0/s1. The van der Waals surface area contributed by atoms with Gasteiger partial charge in [-0.3, -0.25) is 4.79 Å². The fraction of sp³-hybridized carbons (Fsp3) is 0.214. The van der Waals surface area contributed by atoms with E-state index in [4.69, 9.17) is 0 Å². The molecule has 0 aromatic heterocycles. The van der Waals surface area contributed by atoms with Crippen LogP contribution in [0.4, 0.5) is 14.9 Å². The van der Waals surface area contributed by atoms with Crippen LogP contribution >= 0.6 is 0 Å². The smallest absolute Gasteiger partial charge is 0.322 e. The summed E-state index contributed by atoms with van der Waals surface area (Å²) in [5.74, 6) is 5.60. The fourth-order valence-corrected chi connectivity index (χ4v) is 4.84. The molecule has 3 amide bonds. The molecular formula is C28H24FN3O3. The van der Waals surface area contributed by atoms with Gasteiger partial charge in [-0.1, -0.05) is 42.2 Å². The summed E-state index contributed by atoms with van der Waals surface area (Å²) in [6, 6.07) is 22.1. The number of urea groups is 1. The van der Waals surface area contributed by atoms with Crippen LogP contribution < -0.4 is 5.32 Å². The Labute approximate surface area is 203 Å². The zero-order valence-electron chi connectivity index (χ0n) is 18.9. The number of nitrogens with zero attached hydrogens (tertiary/aromatic N) is 2. The predicted octanol–water partition coefficient (Wildman–Crippen LogP) is 3.43. The van der Waals surface area contributed by atoms with Crippen LogP contribution in [0.2, 0.25) is 0 Å². The summed E-state index contributed by atoms with van der Waals surface area (Å²) in [5, 5.41) is 12.7. The lowest BCUT2D eigenvalue weighted by Gasteiger charge is -2.58. The zero-order chi connectivity index (χ0) is 24.4. The number of aliphatic hydroxyl groups excluding tert-OH is 1. The van der Waals surface area contributed by atoms with Gasteiger partial charge in [0.25, 0.3) is 0 Å². The van der Waals surface area contributed by atoms with Gasteiger partial charge in [-0.25, -0.2) is 9.18 Å². The number of halogens is 1. The Morgan fingerprint density at radius 3 is 2.29 bits per heavy atom. The van der Waals surface area contributed by atoms with Crippen molar-refractivity contribution in [2.45, 2.75) is 18.0 Å². The second-order valence-electron chi connectivity index (χ2n) is 8.70. The van der Waals surface area contributed by atoms with E-state index in [0.29, 0.717) is 12.2 Å². The van der Waals surface area contributed by atoms with Gasteiger partial charge >= 0.3 is 6.03 Å². The van der Waals surface area contributed by atoms with Crippen LogP contribution in [0.1, 0.15) is 22.6 Å². The first kappa shape index (κ1) is 22.6. The van der Waals surface area contributed by atoms with Crippen LogP contribution in [0, 0.1) is 17.7 Å². The number of anilines is 1. The van der Waals surface area contributed by atoms with Gasteiger partial charge < -0.3 is 20.2 Å². The second kappa shape index (κ2) is 9.61. The molecule has 3 atom stereocenters. The molecule has 35 heavy (non-hydrogen) atoms. The number of aliphatic hydroxyl groups is 1. The Hall–Kier alpha value is -4.15. The number of hydrogen-bond acceptors (Lipinski definition) is 3. The molecule has 5 rings (SSSR count). The lowest BCUT2D eigenvalue weighted by molar-refractivity contribution is -0.159. The monoisotopic (exact) mass is 469 g/mol. The van der Waals surface area contributed by atoms with Crippen molar-refractivity contribution in [2.24, 2.45) is 0 Å². The maximum Gasteiger partial charge on any atom is 0.322 e. The van der Waals surface area contributed by atoms with Gasteiger partial charge in [-0.15, -0.1) is 0 Å². The summed E-state index contributed by atoms with van der Waals surface area (Å²) in [4.78, 5) is 28.8. The maximum absolute atomic E-state index is 13.2. The normalized spacial score (nSPS) is 20.9. The molecule has 2 heterocycles. The first-order chi connectivity index (χ1) is 17.0. The van der Waals surface area contributed by atoms with E-state index < -0.39 is 11.8 Å². The van der Waals surface area contributed by atoms with Crippen molar-refractivity contribution in [3.63, 3.8) is 0 Å². The average Bonchev–Trinajstić information content (AvgIpc) is 2.86. The Kier molecular flexibility index (Phi) is 6.21. The maximum atomic E-state index is 13.2. The topological polar surface area (TPSA) is 72.9 Å². The van der Waals surface area contributed by atoms with E-state index in [0.717, 1.165) is 16.7 Å². The second-order valence-corrected chi connectivity index (χ2v) is 8.70. The molecule has 0 bridgehead atoms. The molecule has 3 aromatic rings. The number of fused-ring (bicyclic) bond motifs is 1. The molecule has 2 N–H and O–H groups in total. The Morgan fingerprint density at radius 1 is 0.971 bits per heavy atom. The van der Waals surface area contributed by atoms with Crippen molar-refractivity contribution in [1.29, 1.82) is 0 Å². The van der Waals surface area contributed by atoms with Crippen LogP contribution in [-0.2, 0) is 4.79 Å². The van der Waals surface area contributed by atoms with Crippen LogP contribution in [-0.4, -0.2) is 58.6 Å². The lowest BCUT2D eigenvalue weighted by atomic mass is 9.73. The minimum absolute atomic E-state index is 0.0687. The van der Waals surface area contributed by atoms with Crippen LogP contribution in [0.25, 0.3) is 0 Å². The quantitative estimate of drug-likeness (QED) is 0.578. The van der Waals surface area contributed by atoms with Crippen LogP contribution in [0.5, 0.6) is 0 Å². The summed E-state index contributed by atoms with van der Waals surface area (Å²) in [5.41, 5.74) is 3.25. The zero-order valence-corrected chi connectivity index (χ0v) is 18.9. The van der Waals surface area contributed by atoms with E-state index in [1.165, 1.54) is 29.2 Å². The van der Waals surface area contributed by atoms with E-state index in [-0.39, 0.29) is 37.1 Å². The molecule has 0 radical (unpaired) electrons. The summed E-state index contributed by atoms with van der Waals surface area (Å²) in [6.07, 6.45) is 0. The van der Waals surface area contributed by atoms with E-state index in [1.54, 1.807) is 4.90 Å². The number of benzene rings is 3. The first-order valence-electron chi connectivity index (χ1n) is 11.4. The van der Waals surface area contributed by atoms with Gasteiger partial charge in [0.15, 0.2) is 0 Å². The summed E-state index contributed by atoms with van der Waals surface area (Å²) in [7, 11) is 0. The number of rotatable bonds is 3. The lowest BCUT2D eigenvalue weighted by Crippen LogP contribution is -2.73. The van der Waals surface area contributed by atoms with E-state index in [9.17, 15) is 19.1 Å². The van der Waals surface area contributed by atoms with Crippen LogP contribution in [0.3, 0.4) is 0 Å². The highest BCUT2D eigenvalue weighted by Crippen LogP contribution is 2.43. The van der Waals surface area contributed by atoms with Crippen molar-refractivity contribution in [2.75, 3.05) is 25.0 Å².